The maximum Gasteiger partial charge on any atom is 0.223 e. The lowest BCUT2D eigenvalue weighted by Gasteiger charge is -2.32. The Kier molecular flexibility index (Phi) is 6.32. The standard InChI is InChI=1S/C19H26ClN3O2/c20-17-4-2-1-3-15(17)13-21-18(24)9-12-23-10-7-16(8-11-23)22-19(25)14-5-6-14/h1-4,14,16H,5-13H2,(H,21,24)(H,22,25). The first-order valence-electron chi connectivity index (χ1n) is 9.14. The van der Waals surface area contributed by atoms with Gasteiger partial charge in [-0.05, 0) is 37.3 Å². The van der Waals surface area contributed by atoms with Gasteiger partial charge < -0.3 is 15.5 Å². The number of piperidine rings is 1. The highest BCUT2D eigenvalue weighted by atomic mass is 35.5. The predicted molar refractivity (Wildman–Crippen MR) is 98.2 cm³/mol. The molecule has 1 aliphatic heterocycles. The summed E-state index contributed by atoms with van der Waals surface area (Å²) >= 11 is 6.09. The fraction of sp³-hybridized carbons (Fsp3) is 0.579. The number of carbonyl (C=O) groups is 2. The highest BCUT2D eigenvalue weighted by Crippen LogP contribution is 2.29. The maximum absolute atomic E-state index is 12.0. The Balaban J connectivity index is 1.30. The highest BCUT2D eigenvalue weighted by Gasteiger charge is 2.31. The van der Waals surface area contributed by atoms with E-state index >= 15 is 0 Å². The second-order valence-corrected chi connectivity index (χ2v) is 7.42. The zero-order valence-corrected chi connectivity index (χ0v) is 15.2. The first-order valence-corrected chi connectivity index (χ1v) is 9.52. The van der Waals surface area contributed by atoms with E-state index in [4.69, 9.17) is 11.6 Å². The number of hydrogen-bond donors (Lipinski definition) is 2. The number of likely N-dealkylation sites (tertiary alicyclic amines) is 1. The van der Waals surface area contributed by atoms with E-state index in [2.05, 4.69) is 15.5 Å². The van der Waals surface area contributed by atoms with Crippen molar-refractivity contribution in [2.24, 2.45) is 5.92 Å². The van der Waals surface area contributed by atoms with E-state index in [1.165, 1.54) is 0 Å². The van der Waals surface area contributed by atoms with Crippen LogP contribution in [-0.4, -0.2) is 42.4 Å². The molecule has 0 aromatic heterocycles. The van der Waals surface area contributed by atoms with Crippen LogP contribution in [-0.2, 0) is 16.1 Å². The van der Waals surface area contributed by atoms with Gasteiger partial charge >= 0.3 is 0 Å². The first kappa shape index (κ1) is 18.2. The largest absolute Gasteiger partial charge is 0.353 e. The SMILES string of the molecule is O=C(CCN1CCC(NC(=O)C2CC2)CC1)NCc1ccccc1Cl. The molecule has 0 unspecified atom stereocenters. The number of nitrogens with zero attached hydrogens (tertiary/aromatic N) is 1. The van der Waals surface area contributed by atoms with Gasteiger partial charge in [-0.1, -0.05) is 29.8 Å². The van der Waals surface area contributed by atoms with E-state index < -0.39 is 0 Å². The first-order chi connectivity index (χ1) is 12.1. The lowest BCUT2D eigenvalue weighted by atomic mass is 10.0. The Labute approximate surface area is 154 Å². The molecular formula is C19H26ClN3O2. The Morgan fingerprint density at radius 1 is 1.12 bits per heavy atom. The van der Waals surface area contributed by atoms with Gasteiger partial charge in [-0.3, -0.25) is 9.59 Å². The van der Waals surface area contributed by atoms with Gasteiger partial charge in [0.2, 0.25) is 11.8 Å². The number of nitrogens with one attached hydrogen (secondary N) is 2. The minimum absolute atomic E-state index is 0.0454. The zero-order valence-electron chi connectivity index (χ0n) is 14.5. The third-order valence-corrected chi connectivity index (χ3v) is 5.34. The van der Waals surface area contributed by atoms with Gasteiger partial charge in [-0.2, -0.15) is 0 Å². The Morgan fingerprint density at radius 3 is 2.52 bits per heavy atom. The van der Waals surface area contributed by atoms with E-state index in [1.54, 1.807) is 0 Å². The van der Waals surface area contributed by atoms with E-state index in [1.807, 2.05) is 24.3 Å². The van der Waals surface area contributed by atoms with Gasteiger partial charge in [0.15, 0.2) is 0 Å². The summed E-state index contributed by atoms with van der Waals surface area (Å²) in [4.78, 5) is 26.1. The van der Waals surface area contributed by atoms with Crippen molar-refractivity contribution in [1.82, 2.24) is 15.5 Å². The van der Waals surface area contributed by atoms with Gasteiger partial charge in [0.25, 0.3) is 0 Å². The van der Waals surface area contributed by atoms with Gasteiger partial charge in [-0.25, -0.2) is 0 Å². The number of halogens is 1. The van der Waals surface area contributed by atoms with E-state index in [9.17, 15) is 9.59 Å². The van der Waals surface area contributed by atoms with Crippen molar-refractivity contribution in [3.63, 3.8) is 0 Å². The van der Waals surface area contributed by atoms with Gasteiger partial charge in [0.05, 0.1) is 0 Å². The van der Waals surface area contributed by atoms with Crippen LogP contribution in [0, 0.1) is 5.92 Å². The lowest BCUT2D eigenvalue weighted by molar-refractivity contribution is -0.123. The molecule has 0 atom stereocenters. The van der Waals surface area contributed by atoms with Gasteiger partial charge in [-0.15, -0.1) is 0 Å². The summed E-state index contributed by atoms with van der Waals surface area (Å²) in [5.41, 5.74) is 0.935. The number of rotatable bonds is 7. The summed E-state index contributed by atoms with van der Waals surface area (Å²) < 4.78 is 0. The van der Waals surface area contributed by atoms with Crippen molar-refractivity contribution < 1.29 is 9.59 Å². The smallest absolute Gasteiger partial charge is 0.223 e. The molecule has 3 rings (SSSR count). The minimum Gasteiger partial charge on any atom is -0.353 e. The number of amides is 2. The van der Waals surface area contributed by atoms with Crippen molar-refractivity contribution in [3.8, 4) is 0 Å². The summed E-state index contributed by atoms with van der Waals surface area (Å²) in [5, 5.41) is 6.76. The normalized spacial score (nSPS) is 18.8. The molecule has 2 aliphatic rings. The Morgan fingerprint density at radius 2 is 1.84 bits per heavy atom. The van der Waals surface area contributed by atoms with Crippen molar-refractivity contribution in [1.29, 1.82) is 0 Å². The van der Waals surface area contributed by atoms with Crippen LogP contribution < -0.4 is 10.6 Å². The molecule has 0 spiro atoms. The predicted octanol–water partition coefficient (Wildman–Crippen LogP) is 2.34. The molecule has 1 aromatic rings. The number of carbonyl (C=O) groups excluding carboxylic acids is 2. The summed E-state index contributed by atoms with van der Waals surface area (Å²) in [6, 6.07) is 7.85. The third-order valence-electron chi connectivity index (χ3n) is 4.97. The molecule has 0 bridgehead atoms. The second-order valence-electron chi connectivity index (χ2n) is 7.02. The molecule has 1 heterocycles. The topological polar surface area (TPSA) is 61.4 Å². The molecule has 136 valence electrons. The fourth-order valence-corrected chi connectivity index (χ4v) is 3.35. The van der Waals surface area contributed by atoms with Crippen LogP contribution in [0.2, 0.25) is 5.02 Å². The summed E-state index contributed by atoms with van der Waals surface area (Å²) in [6.07, 6.45) is 4.53. The molecule has 2 N–H and O–H groups in total. The molecular weight excluding hydrogens is 338 g/mol. The van der Waals surface area contributed by atoms with Crippen molar-refractivity contribution in [2.45, 2.75) is 44.7 Å². The van der Waals surface area contributed by atoms with Crippen LogP contribution in [0.4, 0.5) is 0 Å². The summed E-state index contributed by atoms with van der Waals surface area (Å²) in [5.74, 6) is 0.557. The lowest BCUT2D eigenvalue weighted by Crippen LogP contribution is -2.45. The Hall–Kier alpha value is -1.59. The minimum atomic E-state index is 0.0454. The van der Waals surface area contributed by atoms with E-state index in [0.717, 1.165) is 50.9 Å². The fourth-order valence-electron chi connectivity index (χ4n) is 3.15. The van der Waals surface area contributed by atoms with Crippen LogP contribution in [0.1, 0.15) is 37.7 Å². The van der Waals surface area contributed by atoms with Crippen molar-refractivity contribution in [3.05, 3.63) is 34.9 Å². The monoisotopic (exact) mass is 363 g/mol. The summed E-state index contributed by atoms with van der Waals surface area (Å²) in [7, 11) is 0. The van der Waals surface area contributed by atoms with Crippen LogP contribution in [0.3, 0.4) is 0 Å². The second kappa shape index (κ2) is 8.68. The van der Waals surface area contributed by atoms with Crippen molar-refractivity contribution in [2.75, 3.05) is 19.6 Å². The van der Waals surface area contributed by atoms with Crippen LogP contribution >= 0.6 is 11.6 Å². The molecule has 2 amide bonds. The number of benzene rings is 1. The molecule has 1 saturated heterocycles. The van der Waals surface area contributed by atoms with Gasteiger partial charge in [0, 0.05) is 49.6 Å². The van der Waals surface area contributed by atoms with Crippen LogP contribution in [0.25, 0.3) is 0 Å². The summed E-state index contributed by atoms with van der Waals surface area (Å²) in [6.45, 7) is 3.10. The average Bonchev–Trinajstić information content (AvgIpc) is 3.45. The molecule has 2 fully saturated rings. The van der Waals surface area contributed by atoms with Gasteiger partial charge in [0.1, 0.15) is 0 Å². The maximum atomic E-state index is 12.0. The molecule has 1 aromatic carbocycles. The van der Waals surface area contributed by atoms with Crippen LogP contribution in [0.15, 0.2) is 24.3 Å². The molecule has 25 heavy (non-hydrogen) atoms. The molecule has 6 heteroatoms. The quantitative estimate of drug-likeness (QED) is 0.781. The van der Waals surface area contributed by atoms with E-state index in [0.29, 0.717) is 24.0 Å². The molecule has 0 radical (unpaired) electrons. The average molecular weight is 364 g/mol. The molecule has 1 aliphatic carbocycles. The Bertz CT molecular complexity index is 610. The third kappa shape index (κ3) is 5.72. The van der Waals surface area contributed by atoms with Crippen LogP contribution in [0.5, 0.6) is 0 Å². The molecule has 1 saturated carbocycles. The highest BCUT2D eigenvalue weighted by molar-refractivity contribution is 6.31. The van der Waals surface area contributed by atoms with E-state index in [-0.39, 0.29) is 17.7 Å². The number of hydrogen-bond acceptors (Lipinski definition) is 3. The zero-order chi connectivity index (χ0) is 17.6. The van der Waals surface area contributed by atoms with Crippen molar-refractivity contribution >= 4 is 23.4 Å². The molecule has 5 nitrogen and oxygen atoms in total.